The van der Waals surface area contributed by atoms with Crippen LogP contribution in [0.2, 0.25) is 0 Å². The fourth-order valence-electron chi connectivity index (χ4n) is 2.92. The molecule has 0 bridgehead atoms. The second-order valence-corrected chi connectivity index (χ2v) is 6.61. The standard InChI is InChI=1S/C21H26N4O2/c1-4-24(15-20(26)23-16(2)3)21(27)11-10-17-14-25(13-7-12-22)19-9-6-5-8-18(17)19/h5-6,8-11,14,16H,4,7,13,15H2,1-3H3,(H,23,26)/b11-10+. The van der Waals surface area contributed by atoms with E-state index in [0.717, 1.165) is 16.5 Å². The van der Waals surface area contributed by atoms with Gasteiger partial charge in [-0.2, -0.15) is 5.26 Å². The average Bonchev–Trinajstić information content (AvgIpc) is 2.99. The van der Waals surface area contributed by atoms with Crippen LogP contribution < -0.4 is 5.32 Å². The first-order valence-corrected chi connectivity index (χ1v) is 9.17. The van der Waals surface area contributed by atoms with Crippen LogP contribution in [0.15, 0.2) is 36.5 Å². The van der Waals surface area contributed by atoms with Crippen molar-refractivity contribution in [3.05, 3.63) is 42.1 Å². The number of para-hydroxylation sites is 1. The van der Waals surface area contributed by atoms with Crippen molar-refractivity contribution >= 4 is 28.8 Å². The molecule has 27 heavy (non-hydrogen) atoms. The normalized spacial score (nSPS) is 11.1. The van der Waals surface area contributed by atoms with Crippen LogP contribution in [0.1, 0.15) is 32.8 Å². The highest BCUT2D eigenvalue weighted by Gasteiger charge is 2.14. The molecule has 1 aromatic heterocycles. The minimum absolute atomic E-state index is 0.0430. The van der Waals surface area contributed by atoms with Crippen LogP contribution in [0.3, 0.4) is 0 Å². The van der Waals surface area contributed by atoms with Crippen LogP contribution in [-0.2, 0) is 16.1 Å². The van der Waals surface area contributed by atoms with Crippen LogP contribution in [0.25, 0.3) is 17.0 Å². The second kappa shape index (κ2) is 9.58. The van der Waals surface area contributed by atoms with Gasteiger partial charge in [-0.05, 0) is 32.9 Å². The molecule has 2 amide bonds. The van der Waals surface area contributed by atoms with E-state index in [9.17, 15) is 9.59 Å². The third-order valence-electron chi connectivity index (χ3n) is 4.17. The molecule has 0 aliphatic carbocycles. The Morgan fingerprint density at radius 3 is 2.74 bits per heavy atom. The summed E-state index contributed by atoms with van der Waals surface area (Å²) in [5.41, 5.74) is 1.95. The minimum atomic E-state index is -0.203. The van der Waals surface area contributed by atoms with E-state index in [-0.39, 0.29) is 24.4 Å². The number of nitriles is 1. The first-order valence-electron chi connectivity index (χ1n) is 9.17. The van der Waals surface area contributed by atoms with Crippen LogP contribution in [0.4, 0.5) is 0 Å². The van der Waals surface area contributed by atoms with E-state index in [0.29, 0.717) is 19.5 Å². The van der Waals surface area contributed by atoms with Crippen molar-refractivity contribution in [1.82, 2.24) is 14.8 Å². The number of carbonyl (C=O) groups is 2. The van der Waals surface area contributed by atoms with Gasteiger partial charge in [0.15, 0.2) is 0 Å². The molecule has 0 fully saturated rings. The monoisotopic (exact) mass is 366 g/mol. The van der Waals surface area contributed by atoms with E-state index < -0.39 is 0 Å². The van der Waals surface area contributed by atoms with Crippen LogP contribution in [0, 0.1) is 11.3 Å². The summed E-state index contributed by atoms with van der Waals surface area (Å²) < 4.78 is 2.02. The lowest BCUT2D eigenvalue weighted by atomic mass is 10.1. The highest BCUT2D eigenvalue weighted by molar-refractivity contribution is 5.97. The number of benzene rings is 1. The third-order valence-corrected chi connectivity index (χ3v) is 4.17. The lowest BCUT2D eigenvalue weighted by Gasteiger charge is -2.19. The van der Waals surface area contributed by atoms with E-state index in [1.165, 1.54) is 11.0 Å². The Bertz CT molecular complexity index is 874. The number of carbonyl (C=O) groups excluding carboxylic acids is 2. The Kier molecular flexibility index (Phi) is 7.18. The maximum Gasteiger partial charge on any atom is 0.247 e. The smallest absolute Gasteiger partial charge is 0.247 e. The van der Waals surface area contributed by atoms with Crippen LogP contribution >= 0.6 is 0 Å². The second-order valence-electron chi connectivity index (χ2n) is 6.61. The largest absolute Gasteiger partial charge is 0.352 e. The number of fused-ring (bicyclic) bond motifs is 1. The van der Waals surface area contributed by atoms with E-state index >= 15 is 0 Å². The Morgan fingerprint density at radius 2 is 2.07 bits per heavy atom. The molecule has 0 saturated carbocycles. The summed E-state index contributed by atoms with van der Waals surface area (Å²) in [6.45, 7) is 6.73. The Hall–Kier alpha value is -3.07. The predicted molar refractivity (Wildman–Crippen MR) is 107 cm³/mol. The number of likely N-dealkylation sites (N-methyl/N-ethyl adjacent to an activating group) is 1. The molecule has 1 aromatic carbocycles. The first kappa shape index (κ1) is 20.2. The SMILES string of the molecule is CCN(CC(=O)NC(C)C)C(=O)/C=C/c1cn(CCC#N)c2ccccc12. The maximum absolute atomic E-state index is 12.5. The number of hydrogen-bond acceptors (Lipinski definition) is 3. The summed E-state index contributed by atoms with van der Waals surface area (Å²) in [6.07, 6.45) is 5.65. The number of hydrogen-bond donors (Lipinski definition) is 1. The molecular weight excluding hydrogens is 340 g/mol. The zero-order valence-electron chi connectivity index (χ0n) is 16.1. The number of rotatable bonds is 8. The van der Waals surface area contributed by atoms with Crippen molar-refractivity contribution < 1.29 is 9.59 Å². The molecule has 0 spiro atoms. The average molecular weight is 366 g/mol. The Balaban J connectivity index is 2.17. The molecule has 0 radical (unpaired) electrons. The predicted octanol–water partition coefficient (Wildman–Crippen LogP) is 2.94. The van der Waals surface area contributed by atoms with Crippen molar-refractivity contribution in [3.8, 4) is 6.07 Å². The van der Waals surface area contributed by atoms with Gasteiger partial charge >= 0.3 is 0 Å². The molecular formula is C21H26N4O2. The molecule has 2 aromatic rings. The molecule has 0 saturated heterocycles. The van der Waals surface area contributed by atoms with E-state index in [1.807, 2.05) is 55.8 Å². The summed E-state index contributed by atoms with van der Waals surface area (Å²) in [6, 6.07) is 10.1. The molecule has 0 aliphatic heterocycles. The van der Waals surface area contributed by atoms with E-state index in [2.05, 4.69) is 11.4 Å². The number of nitrogens with zero attached hydrogens (tertiary/aromatic N) is 3. The Labute approximate surface area is 160 Å². The molecule has 6 heteroatoms. The lowest BCUT2D eigenvalue weighted by molar-refractivity contribution is -0.132. The quantitative estimate of drug-likeness (QED) is 0.730. The van der Waals surface area contributed by atoms with Gasteiger partial charge in [0.25, 0.3) is 0 Å². The summed E-state index contributed by atoms with van der Waals surface area (Å²) in [7, 11) is 0. The topological polar surface area (TPSA) is 78.1 Å². The fraction of sp³-hybridized carbons (Fsp3) is 0.381. The summed E-state index contributed by atoms with van der Waals surface area (Å²) in [5.74, 6) is -0.369. The van der Waals surface area contributed by atoms with Crippen molar-refractivity contribution in [2.24, 2.45) is 0 Å². The van der Waals surface area contributed by atoms with Gasteiger partial charge in [0.2, 0.25) is 11.8 Å². The molecule has 6 nitrogen and oxygen atoms in total. The van der Waals surface area contributed by atoms with Gasteiger partial charge < -0.3 is 14.8 Å². The molecule has 0 aliphatic rings. The highest BCUT2D eigenvalue weighted by Crippen LogP contribution is 2.23. The van der Waals surface area contributed by atoms with Gasteiger partial charge in [-0.1, -0.05) is 18.2 Å². The number of aromatic nitrogens is 1. The zero-order chi connectivity index (χ0) is 19.8. The van der Waals surface area contributed by atoms with Crippen molar-refractivity contribution in [2.45, 2.75) is 39.8 Å². The van der Waals surface area contributed by atoms with Gasteiger partial charge in [-0.15, -0.1) is 0 Å². The maximum atomic E-state index is 12.5. The van der Waals surface area contributed by atoms with Gasteiger partial charge in [0, 0.05) is 47.9 Å². The van der Waals surface area contributed by atoms with Gasteiger partial charge in [-0.3, -0.25) is 9.59 Å². The zero-order valence-corrected chi connectivity index (χ0v) is 16.1. The van der Waals surface area contributed by atoms with Crippen molar-refractivity contribution in [1.29, 1.82) is 5.26 Å². The fourth-order valence-corrected chi connectivity index (χ4v) is 2.92. The first-order chi connectivity index (χ1) is 13.0. The van der Waals surface area contributed by atoms with Crippen molar-refractivity contribution in [2.75, 3.05) is 13.1 Å². The molecule has 142 valence electrons. The molecule has 0 atom stereocenters. The van der Waals surface area contributed by atoms with Crippen molar-refractivity contribution in [3.63, 3.8) is 0 Å². The minimum Gasteiger partial charge on any atom is -0.352 e. The molecule has 2 rings (SSSR count). The lowest BCUT2D eigenvalue weighted by Crippen LogP contribution is -2.42. The van der Waals surface area contributed by atoms with Gasteiger partial charge in [0.05, 0.1) is 19.0 Å². The summed E-state index contributed by atoms with van der Waals surface area (Å²) in [5, 5.41) is 12.7. The van der Waals surface area contributed by atoms with Gasteiger partial charge in [-0.25, -0.2) is 0 Å². The Morgan fingerprint density at radius 1 is 1.33 bits per heavy atom. The highest BCUT2D eigenvalue weighted by atomic mass is 16.2. The van der Waals surface area contributed by atoms with Gasteiger partial charge in [0.1, 0.15) is 0 Å². The molecule has 1 heterocycles. The number of aryl methyl sites for hydroxylation is 1. The molecule has 0 unspecified atom stereocenters. The van der Waals surface area contributed by atoms with Crippen LogP contribution in [0.5, 0.6) is 0 Å². The third kappa shape index (κ3) is 5.45. The number of amides is 2. The summed E-state index contributed by atoms with van der Waals surface area (Å²) in [4.78, 5) is 25.9. The van der Waals surface area contributed by atoms with E-state index in [4.69, 9.17) is 5.26 Å². The number of nitrogens with one attached hydrogen (secondary N) is 1. The van der Waals surface area contributed by atoms with E-state index in [1.54, 1.807) is 6.08 Å². The summed E-state index contributed by atoms with van der Waals surface area (Å²) >= 11 is 0. The van der Waals surface area contributed by atoms with Crippen LogP contribution in [-0.4, -0.2) is 40.4 Å². The molecule has 1 N–H and O–H groups in total.